The lowest BCUT2D eigenvalue weighted by atomic mass is 10.2. The highest BCUT2D eigenvalue weighted by Crippen LogP contribution is 2.19. The van der Waals surface area contributed by atoms with E-state index >= 15 is 0 Å². The van der Waals surface area contributed by atoms with E-state index in [0.29, 0.717) is 18.1 Å². The summed E-state index contributed by atoms with van der Waals surface area (Å²) < 4.78 is 1.99. The fourth-order valence-electron chi connectivity index (χ4n) is 2.23. The van der Waals surface area contributed by atoms with Crippen molar-refractivity contribution in [3.63, 3.8) is 0 Å². The van der Waals surface area contributed by atoms with Crippen LogP contribution in [0.1, 0.15) is 33.2 Å². The highest BCUT2D eigenvalue weighted by atomic mass is 15.3. The first kappa shape index (κ1) is 11.5. The molecule has 16 heavy (non-hydrogen) atoms. The van der Waals surface area contributed by atoms with E-state index in [-0.39, 0.29) is 0 Å². The van der Waals surface area contributed by atoms with Gasteiger partial charge in [-0.05, 0) is 34.2 Å². The minimum absolute atomic E-state index is 0.431. The predicted octanol–water partition coefficient (Wildman–Crippen LogP) is 1.97. The summed E-state index contributed by atoms with van der Waals surface area (Å²) >= 11 is 0. The molecule has 1 aliphatic heterocycles. The summed E-state index contributed by atoms with van der Waals surface area (Å²) in [5, 5.41) is 7.89. The molecule has 0 amide bonds. The minimum atomic E-state index is 0.431. The molecule has 0 saturated carbocycles. The molecular weight excluding hydrogens is 200 g/mol. The van der Waals surface area contributed by atoms with Crippen molar-refractivity contribution in [2.24, 2.45) is 0 Å². The topological polar surface area (TPSA) is 33.1 Å². The Morgan fingerprint density at radius 1 is 1.50 bits per heavy atom. The average molecular weight is 222 g/mol. The summed E-state index contributed by atoms with van der Waals surface area (Å²) in [6.45, 7) is 7.68. The Labute approximate surface area is 97.6 Å². The van der Waals surface area contributed by atoms with Crippen molar-refractivity contribution in [1.29, 1.82) is 0 Å². The number of hydrogen-bond acceptors (Lipinski definition) is 3. The second-order valence-electron chi connectivity index (χ2n) is 5.17. The monoisotopic (exact) mass is 222 g/mol. The lowest BCUT2D eigenvalue weighted by molar-refractivity contribution is 0.330. The normalized spacial score (nSPS) is 26.6. The van der Waals surface area contributed by atoms with Crippen LogP contribution in [-0.2, 0) is 0 Å². The molecule has 0 radical (unpaired) electrons. The number of likely N-dealkylation sites (N-methyl/N-ethyl adjacent to an activating group) is 1. The molecule has 90 valence electrons. The first-order valence-corrected chi connectivity index (χ1v) is 6.07. The van der Waals surface area contributed by atoms with Gasteiger partial charge >= 0.3 is 0 Å². The smallest absolute Gasteiger partial charge is 0.0729 e. The van der Waals surface area contributed by atoms with E-state index in [1.54, 1.807) is 0 Å². The molecule has 1 aromatic rings. The van der Waals surface area contributed by atoms with Crippen LogP contribution in [0.2, 0.25) is 0 Å². The van der Waals surface area contributed by atoms with Gasteiger partial charge in [-0.15, -0.1) is 0 Å². The Kier molecular flexibility index (Phi) is 3.19. The van der Waals surface area contributed by atoms with Crippen LogP contribution < -0.4 is 5.32 Å². The molecule has 2 atom stereocenters. The molecule has 1 aliphatic rings. The van der Waals surface area contributed by atoms with Gasteiger partial charge in [0.2, 0.25) is 0 Å². The van der Waals surface area contributed by atoms with Crippen molar-refractivity contribution in [2.45, 2.75) is 45.3 Å². The number of rotatable bonds is 3. The van der Waals surface area contributed by atoms with Gasteiger partial charge in [-0.25, -0.2) is 0 Å². The van der Waals surface area contributed by atoms with Crippen LogP contribution in [0, 0.1) is 0 Å². The fraction of sp³-hybridized carbons (Fsp3) is 0.750. The minimum Gasteiger partial charge on any atom is -0.378 e. The van der Waals surface area contributed by atoms with Crippen molar-refractivity contribution < 1.29 is 0 Å². The second-order valence-corrected chi connectivity index (χ2v) is 5.17. The summed E-state index contributed by atoms with van der Waals surface area (Å²) in [6, 6.07) is 1.67. The second kappa shape index (κ2) is 4.45. The van der Waals surface area contributed by atoms with Crippen LogP contribution in [0.4, 0.5) is 5.69 Å². The third-order valence-corrected chi connectivity index (χ3v) is 3.39. The zero-order valence-corrected chi connectivity index (χ0v) is 10.6. The highest BCUT2D eigenvalue weighted by molar-refractivity contribution is 5.39. The molecule has 1 N–H and O–H groups in total. The third kappa shape index (κ3) is 2.38. The van der Waals surface area contributed by atoms with E-state index in [4.69, 9.17) is 0 Å². The summed E-state index contributed by atoms with van der Waals surface area (Å²) in [7, 11) is 2.18. The molecule has 2 unspecified atom stereocenters. The zero-order chi connectivity index (χ0) is 11.7. The van der Waals surface area contributed by atoms with E-state index in [2.05, 4.69) is 49.3 Å². The average Bonchev–Trinajstić information content (AvgIpc) is 2.76. The van der Waals surface area contributed by atoms with Gasteiger partial charge in [0.1, 0.15) is 0 Å². The van der Waals surface area contributed by atoms with Crippen LogP contribution >= 0.6 is 0 Å². The van der Waals surface area contributed by atoms with Crippen molar-refractivity contribution in [3.8, 4) is 0 Å². The van der Waals surface area contributed by atoms with Gasteiger partial charge in [-0.1, -0.05) is 0 Å². The summed E-state index contributed by atoms with van der Waals surface area (Å²) in [5.41, 5.74) is 1.14. The Morgan fingerprint density at radius 3 is 2.75 bits per heavy atom. The van der Waals surface area contributed by atoms with E-state index in [0.717, 1.165) is 12.2 Å². The molecule has 1 fully saturated rings. The molecule has 4 heteroatoms. The maximum Gasteiger partial charge on any atom is 0.0729 e. The van der Waals surface area contributed by atoms with E-state index in [1.807, 2.05) is 10.9 Å². The van der Waals surface area contributed by atoms with Gasteiger partial charge in [0.15, 0.2) is 0 Å². The quantitative estimate of drug-likeness (QED) is 0.849. The molecule has 1 aromatic heterocycles. The van der Waals surface area contributed by atoms with Crippen LogP contribution in [0.15, 0.2) is 12.4 Å². The fourth-order valence-corrected chi connectivity index (χ4v) is 2.23. The number of nitrogens with zero attached hydrogens (tertiary/aromatic N) is 3. The molecule has 0 aliphatic carbocycles. The standard InChI is InChI=1S/C12H22N4/c1-9(2)16-8-12(6-13-16)14-11-5-10(3)15(4)7-11/h6,8-11,14H,5,7H2,1-4H3. The summed E-state index contributed by atoms with van der Waals surface area (Å²) in [4.78, 5) is 2.39. The third-order valence-electron chi connectivity index (χ3n) is 3.39. The van der Waals surface area contributed by atoms with Crippen LogP contribution in [0.3, 0.4) is 0 Å². The first-order chi connectivity index (χ1) is 7.56. The zero-order valence-electron chi connectivity index (χ0n) is 10.6. The van der Waals surface area contributed by atoms with Gasteiger partial charge in [-0.2, -0.15) is 5.10 Å². The molecule has 2 heterocycles. The molecule has 4 nitrogen and oxygen atoms in total. The number of anilines is 1. The van der Waals surface area contributed by atoms with Gasteiger partial charge in [0.25, 0.3) is 0 Å². The summed E-state index contributed by atoms with van der Waals surface area (Å²) in [5.74, 6) is 0. The lowest BCUT2D eigenvalue weighted by Gasteiger charge is -2.13. The maximum atomic E-state index is 4.34. The number of nitrogens with one attached hydrogen (secondary N) is 1. The van der Waals surface area contributed by atoms with Crippen molar-refractivity contribution in [1.82, 2.24) is 14.7 Å². The van der Waals surface area contributed by atoms with Crippen LogP contribution in [0.5, 0.6) is 0 Å². The molecule has 1 saturated heterocycles. The number of hydrogen-bond donors (Lipinski definition) is 1. The van der Waals surface area contributed by atoms with E-state index in [9.17, 15) is 0 Å². The lowest BCUT2D eigenvalue weighted by Crippen LogP contribution is -2.24. The van der Waals surface area contributed by atoms with E-state index < -0.39 is 0 Å². The Hall–Kier alpha value is -1.03. The number of likely N-dealkylation sites (tertiary alicyclic amines) is 1. The number of aromatic nitrogens is 2. The SMILES string of the molecule is CC1CC(Nc2cnn(C(C)C)c2)CN1C. The Bertz CT molecular complexity index is 335. The van der Waals surface area contributed by atoms with Gasteiger partial charge < -0.3 is 10.2 Å². The molecular formula is C12H22N4. The van der Waals surface area contributed by atoms with E-state index in [1.165, 1.54) is 6.42 Å². The highest BCUT2D eigenvalue weighted by Gasteiger charge is 2.25. The van der Waals surface area contributed by atoms with Crippen molar-refractivity contribution in [3.05, 3.63) is 12.4 Å². The molecule has 2 rings (SSSR count). The van der Waals surface area contributed by atoms with Crippen molar-refractivity contribution in [2.75, 3.05) is 18.9 Å². The Balaban J connectivity index is 1.94. The van der Waals surface area contributed by atoms with Crippen LogP contribution in [0.25, 0.3) is 0 Å². The van der Waals surface area contributed by atoms with Gasteiger partial charge in [0, 0.05) is 30.9 Å². The summed E-state index contributed by atoms with van der Waals surface area (Å²) in [6.07, 6.45) is 5.22. The van der Waals surface area contributed by atoms with Gasteiger partial charge in [-0.3, -0.25) is 4.68 Å². The molecule has 0 spiro atoms. The van der Waals surface area contributed by atoms with Gasteiger partial charge in [0.05, 0.1) is 11.9 Å². The largest absolute Gasteiger partial charge is 0.378 e. The molecule has 0 aromatic carbocycles. The Morgan fingerprint density at radius 2 is 2.25 bits per heavy atom. The first-order valence-electron chi connectivity index (χ1n) is 6.07. The maximum absolute atomic E-state index is 4.34. The van der Waals surface area contributed by atoms with Crippen LogP contribution in [-0.4, -0.2) is 40.4 Å². The van der Waals surface area contributed by atoms with Crippen molar-refractivity contribution >= 4 is 5.69 Å². The predicted molar refractivity (Wildman–Crippen MR) is 66.7 cm³/mol. The molecule has 0 bridgehead atoms.